The smallest absolute Gasteiger partial charge is 0.399 e. The molecular formula is C108H90BClN6O2. The zero-order valence-corrected chi connectivity index (χ0v) is 67.8. The Morgan fingerprint density at radius 1 is 0.229 bits per heavy atom. The summed E-state index contributed by atoms with van der Waals surface area (Å²) in [5.41, 5.74) is 30.1. The summed E-state index contributed by atoms with van der Waals surface area (Å²) in [5.74, 6) is 3.94. The minimum atomic E-state index is -0.306. The van der Waals surface area contributed by atoms with Crippen LogP contribution in [-0.4, -0.2) is 48.2 Å². The van der Waals surface area contributed by atoms with Gasteiger partial charge < -0.3 is 9.31 Å². The quantitative estimate of drug-likeness (QED) is 0.112. The summed E-state index contributed by atoms with van der Waals surface area (Å²) in [7, 11) is -0.296. The van der Waals surface area contributed by atoms with Crippen LogP contribution in [0.4, 0.5) is 0 Å². The second kappa shape index (κ2) is 32.1. The topological polar surface area (TPSA) is 95.8 Å². The Balaban J connectivity index is 0.000000125. The molecule has 10 heteroatoms. The van der Waals surface area contributed by atoms with E-state index in [9.17, 15) is 0 Å². The predicted molar refractivity (Wildman–Crippen MR) is 485 cm³/mol. The molecule has 1 saturated heterocycles. The van der Waals surface area contributed by atoms with E-state index in [0.717, 1.165) is 71.7 Å². The van der Waals surface area contributed by atoms with Crippen molar-refractivity contribution in [3.05, 3.63) is 379 Å². The first kappa shape index (κ1) is 75.4. The highest BCUT2D eigenvalue weighted by Crippen LogP contribution is 2.58. The summed E-state index contributed by atoms with van der Waals surface area (Å²) in [6.45, 7) is 8.47. The normalized spacial score (nSPS) is 15.3. The summed E-state index contributed by atoms with van der Waals surface area (Å²) in [4.78, 5) is 29.1. The number of hydrogen-bond donors (Lipinski definition) is 0. The lowest BCUT2D eigenvalue weighted by Gasteiger charge is -2.36. The average molecular weight is 1550 g/mol. The maximum absolute atomic E-state index is 6.31. The van der Waals surface area contributed by atoms with Gasteiger partial charge in [-0.25, -0.2) is 29.9 Å². The molecule has 14 aromatic carbocycles. The molecule has 21 rings (SSSR count). The second-order valence-electron chi connectivity index (χ2n) is 33.0. The van der Waals surface area contributed by atoms with Crippen LogP contribution in [-0.2, 0) is 20.1 Å². The van der Waals surface area contributed by atoms with Gasteiger partial charge in [-0.15, -0.1) is 0 Å². The zero-order chi connectivity index (χ0) is 79.8. The summed E-state index contributed by atoms with van der Waals surface area (Å²) in [5, 5.41) is 0.731. The van der Waals surface area contributed by atoms with Gasteiger partial charge in [-0.2, -0.15) is 0 Å². The van der Waals surface area contributed by atoms with Crippen molar-refractivity contribution >= 4 is 24.2 Å². The molecule has 4 aliphatic carbocycles. The van der Waals surface area contributed by atoms with E-state index in [0.29, 0.717) is 34.9 Å². The Morgan fingerprint density at radius 3 is 0.856 bits per heavy atom. The number of nitrogens with zero attached hydrogens (tertiary/aromatic N) is 6. The summed E-state index contributed by atoms with van der Waals surface area (Å²) < 4.78 is 12.6. The van der Waals surface area contributed by atoms with Crippen molar-refractivity contribution < 1.29 is 9.31 Å². The maximum Gasteiger partial charge on any atom is 0.494 e. The van der Waals surface area contributed by atoms with Crippen molar-refractivity contribution in [1.82, 2.24) is 29.9 Å². The SMILES string of the molecule is CC1(C)OB(c2ccc3c(c2)-c2ccccc2C32CCCCC2)OC1(C)C.Clc1cccc(-c2cccc(-c3ccc(-c4nc(-c5ccccc5)nc(-c5ccccc5)n4)cc3)c2)c1.c1ccc(-c2nc(-c3ccccc3)nc(-c3ccc(-c4cccc(-c5cccc(-c6ccc7c(c6)-c6ccccc6C76CCCCC6)c5)c4)cc3)n2)cc1. The molecule has 3 fully saturated rings. The van der Waals surface area contributed by atoms with E-state index in [-0.39, 0.29) is 29.2 Å². The number of rotatable bonds is 12. The molecule has 8 nitrogen and oxygen atoms in total. The maximum atomic E-state index is 6.31. The third-order valence-electron chi connectivity index (χ3n) is 25.3. The molecule has 574 valence electrons. The molecule has 1 aliphatic heterocycles. The van der Waals surface area contributed by atoms with Gasteiger partial charge in [0.25, 0.3) is 0 Å². The lowest BCUT2D eigenvalue weighted by atomic mass is 9.67. The van der Waals surface area contributed by atoms with Gasteiger partial charge in [-0.3, -0.25) is 0 Å². The number of fused-ring (bicyclic) bond motifs is 10. The van der Waals surface area contributed by atoms with Crippen molar-refractivity contribution in [3.63, 3.8) is 0 Å². The van der Waals surface area contributed by atoms with E-state index >= 15 is 0 Å². The zero-order valence-electron chi connectivity index (χ0n) is 67.0. The molecule has 0 atom stereocenters. The molecule has 0 bridgehead atoms. The molecule has 2 spiro atoms. The van der Waals surface area contributed by atoms with Crippen LogP contribution in [0.1, 0.15) is 114 Å². The molecule has 2 saturated carbocycles. The molecule has 0 radical (unpaired) electrons. The Labute approximate surface area is 698 Å². The van der Waals surface area contributed by atoms with E-state index in [2.05, 4.69) is 240 Å². The molecule has 0 N–H and O–H groups in total. The number of halogens is 1. The predicted octanol–water partition coefficient (Wildman–Crippen LogP) is 27.2. The molecule has 0 amide bonds. The molecule has 16 aromatic rings. The first-order valence-electron chi connectivity index (χ1n) is 41.7. The highest BCUT2D eigenvalue weighted by atomic mass is 35.5. The van der Waals surface area contributed by atoms with Crippen LogP contribution in [0.25, 0.3) is 146 Å². The van der Waals surface area contributed by atoms with Crippen molar-refractivity contribution in [1.29, 1.82) is 0 Å². The largest absolute Gasteiger partial charge is 0.494 e. The first-order valence-corrected chi connectivity index (χ1v) is 42.0. The van der Waals surface area contributed by atoms with Gasteiger partial charge in [-0.05, 0) is 195 Å². The fraction of sp³-hybridized carbons (Fsp3) is 0.167. The van der Waals surface area contributed by atoms with Crippen LogP contribution in [0, 0.1) is 0 Å². The van der Waals surface area contributed by atoms with Crippen LogP contribution in [0.5, 0.6) is 0 Å². The monoisotopic (exact) mass is 1550 g/mol. The van der Waals surface area contributed by atoms with Gasteiger partial charge in [0.15, 0.2) is 34.9 Å². The summed E-state index contributed by atoms with van der Waals surface area (Å²) >= 11 is 6.21. The lowest BCUT2D eigenvalue weighted by molar-refractivity contribution is 0.00578. The van der Waals surface area contributed by atoms with Crippen LogP contribution < -0.4 is 5.46 Å². The summed E-state index contributed by atoms with van der Waals surface area (Å²) in [6, 6.07) is 124. The van der Waals surface area contributed by atoms with E-state index in [1.165, 1.54) is 137 Å². The van der Waals surface area contributed by atoms with Crippen LogP contribution >= 0.6 is 11.6 Å². The van der Waals surface area contributed by atoms with Crippen molar-refractivity contribution in [2.45, 2.75) is 114 Å². The van der Waals surface area contributed by atoms with Crippen molar-refractivity contribution in [2.75, 3.05) is 0 Å². The number of benzene rings is 14. The summed E-state index contributed by atoms with van der Waals surface area (Å²) in [6.07, 6.45) is 13.0. The Bertz CT molecular complexity index is 6210. The van der Waals surface area contributed by atoms with Crippen LogP contribution in [0.2, 0.25) is 5.02 Å². The van der Waals surface area contributed by atoms with Crippen molar-refractivity contribution in [3.8, 4) is 146 Å². The second-order valence-corrected chi connectivity index (χ2v) is 33.5. The van der Waals surface area contributed by atoms with Crippen LogP contribution in [0.3, 0.4) is 0 Å². The van der Waals surface area contributed by atoms with Gasteiger partial charge in [0, 0.05) is 49.2 Å². The van der Waals surface area contributed by atoms with Gasteiger partial charge in [0.1, 0.15) is 0 Å². The van der Waals surface area contributed by atoms with Crippen molar-refractivity contribution in [2.24, 2.45) is 0 Å². The standard InChI is InChI=1S/C51H39N3.C33H22ClN3.C24H29BO2/c1-4-14-36(15-5-1)48-52-49(37-16-6-2-7-17-37)54-50(53-48)38-26-24-35(25-27-38)39-18-12-19-40(32-39)41-20-13-21-42(33-41)43-28-29-47-45(34-43)44-22-8-9-23-46(44)51(47)30-10-3-11-31-51;34-30-16-8-15-29(22-30)28-14-7-13-27(21-28)23-17-19-26(20-18-23)33-36-31(24-9-3-1-4-10-24)35-32(37-33)25-11-5-2-6-12-25;1-22(2)23(3,4)27-25(26-22)17-12-13-21-19(16-17)18-10-6-7-11-20(18)24(21)14-8-5-9-15-24/h1-2,4-9,12-29,32-34H,3,10-11,30-31H2;1-22H;6-7,10-13,16H,5,8-9,14-15H2,1-4H3. The Kier molecular flexibility index (Phi) is 20.5. The van der Waals surface area contributed by atoms with Crippen LogP contribution in [0.15, 0.2) is 352 Å². The Morgan fingerprint density at radius 2 is 0.492 bits per heavy atom. The molecule has 2 aromatic heterocycles. The average Bonchev–Trinajstić information content (AvgIpc) is 1.56. The van der Waals surface area contributed by atoms with Gasteiger partial charge in [-0.1, -0.05) is 366 Å². The van der Waals surface area contributed by atoms with Gasteiger partial charge in [0.2, 0.25) is 0 Å². The van der Waals surface area contributed by atoms with Gasteiger partial charge >= 0.3 is 7.12 Å². The fourth-order valence-corrected chi connectivity index (χ4v) is 18.6. The number of aromatic nitrogens is 6. The minimum absolute atomic E-state index is 0.185. The van der Waals surface area contributed by atoms with Gasteiger partial charge in [0.05, 0.1) is 11.2 Å². The molecule has 5 aliphatic rings. The van der Waals surface area contributed by atoms with E-state index in [1.54, 1.807) is 0 Å². The molecule has 118 heavy (non-hydrogen) atoms. The van der Waals surface area contributed by atoms with E-state index < -0.39 is 0 Å². The molecular weight excluding hydrogens is 1460 g/mol. The Hall–Kier alpha value is -12.6. The minimum Gasteiger partial charge on any atom is -0.399 e. The third kappa shape index (κ3) is 14.8. The number of hydrogen-bond acceptors (Lipinski definition) is 8. The van der Waals surface area contributed by atoms with E-state index in [4.69, 9.17) is 50.8 Å². The molecule has 3 heterocycles. The highest BCUT2D eigenvalue weighted by molar-refractivity contribution is 6.62. The first-order chi connectivity index (χ1) is 57.8. The fourth-order valence-electron chi connectivity index (χ4n) is 18.4. The molecule has 0 unspecified atom stereocenters. The highest BCUT2D eigenvalue weighted by Gasteiger charge is 2.53. The third-order valence-corrected chi connectivity index (χ3v) is 25.5. The lowest BCUT2D eigenvalue weighted by Crippen LogP contribution is -2.41. The van der Waals surface area contributed by atoms with E-state index in [1.807, 2.05) is 140 Å².